The predicted octanol–water partition coefficient (Wildman–Crippen LogP) is 3.31. The molecule has 2 N–H and O–H groups in total. The van der Waals surface area contributed by atoms with E-state index in [1.807, 2.05) is 42.7 Å². The van der Waals surface area contributed by atoms with Gasteiger partial charge in [0.1, 0.15) is 5.75 Å². The van der Waals surface area contributed by atoms with E-state index in [1.165, 1.54) is 0 Å². The Morgan fingerprint density at radius 3 is 2.96 bits per heavy atom. The van der Waals surface area contributed by atoms with E-state index in [0.29, 0.717) is 18.6 Å². The van der Waals surface area contributed by atoms with E-state index in [1.54, 1.807) is 17.8 Å². The lowest BCUT2D eigenvalue weighted by Gasteiger charge is -2.17. The molecule has 5 nitrogen and oxygen atoms in total. The molecule has 2 amide bonds. The number of anilines is 2. The summed E-state index contributed by atoms with van der Waals surface area (Å²) in [5, 5.41) is 5.64. The third-order valence-electron chi connectivity index (χ3n) is 3.70. The number of nitrogens with one attached hydrogen (secondary N) is 2. The van der Waals surface area contributed by atoms with E-state index in [9.17, 15) is 9.59 Å². The van der Waals surface area contributed by atoms with Crippen LogP contribution in [0.25, 0.3) is 0 Å². The minimum atomic E-state index is -0.209. The Labute approximate surface area is 144 Å². The molecule has 1 heterocycles. The van der Waals surface area contributed by atoms with Gasteiger partial charge in [-0.15, -0.1) is 11.8 Å². The highest BCUT2D eigenvalue weighted by atomic mass is 32.2. The Balaban J connectivity index is 1.57. The molecule has 0 aliphatic carbocycles. The van der Waals surface area contributed by atoms with Gasteiger partial charge in [0.2, 0.25) is 5.91 Å². The maximum absolute atomic E-state index is 12.0. The third kappa shape index (κ3) is 4.08. The maximum atomic E-state index is 12.0. The molecule has 0 aromatic heterocycles. The number of carbonyl (C=O) groups is 2. The van der Waals surface area contributed by atoms with Crippen LogP contribution < -0.4 is 15.4 Å². The summed E-state index contributed by atoms with van der Waals surface area (Å²) in [6, 6.07) is 13.1. The number of thioether (sulfide) groups is 1. The summed E-state index contributed by atoms with van der Waals surface area (Å²) in [7, 11) is 0. The standard InChI is InChI=1S/C18H18N2O3S/c1-24-15-4-2-3-13(10-15)19-18(22)11-23-14-6-7-16-12(9-14)5-8-17(21)20-16/h2-4,6-7,9-10H,5,8,11H2,1H3,(H,19,22)(H,20,21). The zero-order valence-corrected chi connectivity index (χ0v) is 14.1. The minimum absolute atomic E-state index is 0.0306. The van der Waals surface area contributed by atoms with Crippen molar-refractivity contribution in [2.75, 3.05) is 23.5 Å². The fraction of sp³-hybridized carbons (Fsp3) is 0.222. The van der Waals surface area contributed by atoms with Gasteiger partial charge in [-0.2, -0.15) is 0 Å². The van der Waals surface area contributed by atoms with Gasteiger partial charge in [0.25, 0.3) is 5.91 Å². The largest absolute Gasteiger partial charge is 0.484 e. The summed E-state index contributed by atoms with van der Waals surface area (Å²) >= 11 is 1.62. The van der Waals surface area contributed by atoms with E-state index < -0.39 is 0 Å². The number of benzene rings is 2. The number of hydrogen-bond donors (Lipinski definition) is 2. The van der Waals surface area contributed by atoms with Gasteiger partial charge < -0.3 is 15.4 Å². The van der Waals surface area contributed by atoms with Crippen molar-refractivity contribution in [1.82, 2.24) is 0 Å². The van der Waals surface area contributed by atoms with Gasteiger partial charge in [0.15, 0.2) is 6.61 Å². The van der Waals surface area contributed by atoms with Gasteiger partial charge in [-0.3, -0.25) is 9.59 Å². The molecule has 2 aromatic rings. The van der Waals surface area contributed by atoms with Gasteiger partial charge in [-0.05, 0) is 54.6 Å². The second-order valence-electron chi connectivity index (χ2n) is 5.44. The molecule has 0 bridgehead atoms. The van der Waals surface area contributed by atoms with E-state index >= 15 is 0 Å². The molecule has 1 aliphatic rings. The SMILES string of the molecule is CSc1cccc(NC(=O)COc2ccc3c(c2)CCC(=O)N3)c1. The molecule has 0 radical (unpaired) electrons. The lowest BCUT2D eigenvalue weighted by atomic mass is 10.0. The van der Waals surface area contributed by atoms with Crippen molar-refractivity contribution in [3.05, 3.63) is 48.0 Å². The van der Waals surface area contributed by atoms with Gasteiger partial charge in [-0.1, -0.05) is 6.07 Å². The smallest absolute Gasteiger partial charge is 0.262 e. The molecule has 0 unspecified atom stereocenters. The van der Waals surface area contributed by atoms with Crippen LogP contribution in [-0.2, 0) is 16.0 Å². The van der Waals surface area contributed by atoms with Crippen molar-refractivity contribution in [3.63, 3.8) is 0 Å². The lowest BCUT2D eigenvalue weighted by molar-refractivity contribution is -0.118. The average Bonchev–Trinajstić information content (AvgIpc) is 2.60. The first-order chi connectivity index (χ1) is 11.6. The molecular formula is C18H18N2O3S. The van der Waals surface area contributed by atoms with Crippen LogP contribution in [0.5, 0.6) is 5.75 Å². The Kier molecular flexibility index (Phi) is 5.05. The molecule has 3 rings (SSSR count). The Bertz CT molecular complexity index is 777. The number of rotatable bonds is 5. The molecule has 0 saturated carbocycles. The van der Waals surface area contributed by atoms with Gasteiger partial charge >= 0.3 is 0 Å². The van der Waals surface area contributed by atoms with E-state index in [0.717, 1.165) is 21.8 Å². The maximum Gasteiger partial charge on any atom is 0.262 e. The van der Waals surface area contributed by atoms with Crippen molar-refractivity contribution in [2.24, 2.45) is 0 Å². The number of fused-ring (bicyclic) bond motifs is 1. The molecule has 6 heteroatoms. The first-order valence-corrected chi connectivity index (χ1v) is 8.86. The van der Waals surface area contributed by atoms with Crippen molar-refractivity contribution in [2.45, 2.75) is 17.7 Å². The number of carbonyl (C=O) groups excluding carboxylic acids is 2. The summed E-state index contributed by atoms with van der Waals surface area (Å²) in [6.07, 6.45) is 3.15. The monoisotopic (exact) mass is 342 g/mol. The summed E-state index contributed by atoms with van der Waals surface area (Å²) in [5.74, 6) is 0.445. The van der Waals surface area contributed by atoms with Crippen LogP contribution in [0, 0.1) is 0 Å². The Morgan fingerprint density at radius 1 is 1.25 bits per heavy atom. The van der Waals surface area contributed by atoms with Crippen molar-refractivity contribution < 1.29 is 14.3 Å². The number of aryl methyl sites for hydroxylation is 1. The highest BCUT2D eigenvalue weighted by Crippen LogP contribution is 2.26. The lowest BCUT2D eigenvalue weighted by Crippen LogP contribution is -2.21. The summed E-state index contributed by atoms with van der Waals surface area (Å²) in [4.78, 5) is 24.5. The zero-order chi connectivity index (χ0) is 16.9. The second kappa shape index (κ2) is 7.40. The minimum Gasteiger partial charge on any atom is -0.484 e. The van der Waals surface area contributed by atoms with Crippen LogP contribution >= 0.6 is 11.8 Å². The van der Waals surface area contributed by atoms with Crippen molar-refractivity contribution in [1.29, 1.82) is 0 Å². The summed E-state index contributed by atoms with van der Waals surface area (Å²) in [5.41, 5.74) is 2.60. The van der Waals surface area contributed by atoms with Gasteiger partial charge in [0.05, 0.1) is 0 Å². The van der Waals surface area contributed by atoms with Crippen LogP contribution in [0.1, 0.15) is 12.0 Å². The first kappa shape index (κ1) is 16.4. The zero-order valence-electron chi connectivity index (χ0n) is 13.3. The highest BCUT2D eigenvalue weighted by Gasteiger charge is 2.15. The summed E-state index contributed by atoms with van der Waals surface area (Å²) in [6.45, 7) is -0.0609. The Morgan fingerprint density at radius 2 is 2.12 bits per heavy atom. The summed E-state index contributed by atoms with van der Waals surface area (Å²) < 4.78 is 5.56. The second-order valence-corrected chi connectivity index (χ2v) is 6.32. The normalized spacial score (nSPS) is 13.0. The van der Waals surface area contributed by atoms with Crippen molar-refractivity contribution in [3.8, 4) is 5.75 Å². The van der Waals surface area contributed by atoms with E-state index in [-0.39, 0.29) is 18.4 Å². The molecule has 1 aliphatic heterocycles. The molecular weight excluding hydrogens is 324 g/mol. The average molecular weight is 342 g/mol. The number of hydrogen-bond acceptors (Lipinski definition) is 4. The van der Waals surface area contributed by atoms with Crippen LogP contribution in [0.2, 0.25) is 0 Å². The van der Waals surface area contributed by atoms with E-state index in [2.05, 4.69) is 10.6 Å². The fourth-order valence-electron chi connectivity index (χ4n) is 2.50. The first-order valence-electron chi connectivity index (χ1n) is 7.63. The molecule has 0 fully saturated rings. The Hall–Kier alpha value is -2.47. The van der Waals surface area contributed by atoms with E-state index in [4.69, 9.17) is 4.74 Å². The van der Waals surface area contributed by atoms with Crippen LogP contribution in [0.4, 0.5) is 11.4 Å². The molecule has 0 saturated heterocycles. The van der Waals surface area contributed by atoms with Crippen molar-refractivity contribution >= 4 is 35.0 Å². The molecule has 24 heavy (non-hydrogen) atoms. The fourth-order valence-corrected chi connectivity index (χ4v) is 2.96. The molecule has 2 aromatic carbocycles. The number of ether oxygens (including phenoxy) is 1. The molecule has 0 atom stereocenters. The van der Waals surface area contributed by atoms with Gasteiger partial charge in [0, 0.05) is 22.7 Å². The molecule has 124 valence electrons. The van der Waals surface area contributed by atoms with Gasteiger partial charge in [-0.25, -0.2) is 0 Å². The molecule has 0 spiro atoms. The predicted molar refractivity (Wildman–Crippen MR) is 95.7 cm³/mol. The third-order valence-corrected chi connectivity index (χ3v) is 4.42. The van der Waals surface area contributed by atoms with Crippen LogP contribution in [0.15, 0.2) is 47.4 Å². The van der Waals surface area contributed by atoms with Crippen LogP contribution in [0.3, 0.4) is 0 Å². The van der Waals surface area contributed by atoms with Crippen LogP contribution in [-0.4, -0.2) is 24.7 Å². The number of amides is 2. The highest BCUT2D eigenvalue weighted by molar-refractivity contribution is 7.98. The quantitative estimate of drug-likeness (QED) is 0.818. The topological polar surface area (TPSA) is 67.4 Å².